The number of aromatic nitrogens is 1. The van der Waals surface area contributed by atoms with Gasteiger partial charge in [-0.3, -0.25) is 0 Å². The number of carbonyl (C=O) groups excluding carboxylic acids is 1. The number of alkyl carbamates (subject to hydrolysis) is 1. The van der Waals surface area contributed by atoms with E-state index in [-0.39, 0.29) is 6.10 Å². The van der Waals surface area contributed by atoms with Gasteiger partial charge in [-0.1, -0.05) is 17.3 Å². The highest BCUT2D eigenvalue weighted by atomic mass is 16.6. The average Bonchev–Trinajstić information content (AvgIpc) is 3.20. The van der Waals surface area contributed by atoms with Crippen molar-refractivity contribution >= 4 is 6.09 Å². The Hall–Kier alpha value is -2.70. The highest BCUT2D eigenvalue weighted by Crippen LogP contribution is 2.26. The number of methoxy groups -OCH3 is 1. The van der Waals surface area contributed by atoms with E-state index in [1.165, 1.54) is 6.26 Å². The summed E-state index contributed by atoms with van der Waals surface area (Å²) in [7, 11) is 1.58. The summed E-state index contributed by atoms with van der Waals surface area (Å²) in [6, 6.07) is 9.07. The summed E-state index contributed by atoms with van der Waals surface area (Å²) in [4.78, 5) is 10.8. The molecule has 3 rings (SSSR count). The number of nitrogens with zero attached hydrogens (tertiary/aromatic N) is 1. The minimum Gasteiger partial charge on any atom is -0.493 e. The fourth-order valence-corrected chi connectivity index (χ4v) is 1.62. The van der Waals surface area contributed by atoms with Gasteiger partial charge in [0, 0.05) is 0 Å². The minimum atomic E-state index is -0.395. The van der Waals surface area contributed by atoms with Crippen molar-refractivity contribution in [3.63, 3.8) is 0 Å². The van der Waals surface area contributed by atoms with Crippen LogP contribution in [-0.4, -0.2) is 37.6 Å². The van der Waals surface area contributed by atoms with E-state index >= 15 is 0 Å². The highest BCUT2D eigenvalue weighted by Gasteiger charge is 2.23. The molecule has 1 aliphatic rings. The SMILES string of the molecule is COc1ccccc1OCC1CNC(=O)O1.c1cnoc1. The molecule has 1 amide bonds. The number of amides is 1. The fourth-order valence-electron chi connectivity index (χ4n) is 1.62. The van der Waals surface area contributed by atoms with Crippen LogP contribution in [0.25, 0.3) is 0 Å². The van der Waals surface area contributed by atoms with Crippen LogP contribution < -0.4 is 14.8 Å². The Morgan fingerprint density at radius 2 is 2.14 bits per heavy atom. The molecule has 7 nitrogen and oxygen atoms in total. The molecular weight excluding hydrogens is 276 g/mol. The topological polar surface area (TPSA) is 82.8 Å². The molecule has 0 aliphatic carbocycles. The van der Waals surface area contributed by atoms with Crippen LogP contribution in [0.2, 0.25) is 0 Å². The van der Waals surface area contributed by atoms with Crippen molar-refractivity contribution in [1.82, 2.24) is 10.5 Å². The van der Waals surface area contributed by atoms with E-state index in [1.54, 1.807) is 19.4 Å². The van der Waals surface area contributed by atoms with Crippen molar-refractivity contribution in [3.8, 4) is 11.5 Å². The van der Waals surface area contributed by atoms with Crippen molar-refractivity contribution in [2.24, 2.45) is 0 Å². The summed E-state index contributed by atoms with van der Waals surface area (Å²) >= 11 is 0. The van der Waals surface area contributed by atoms with E-state index in [0.717, 1.165) is 0 Å². The number of benzene rings is 1. The summed E-state index contributed by atoms with van der Waals surface area (Å²) in [6.07, 6.45) is 2.46. The number of carbonyl (C=O) groups is 1. The Kier molecular flexibility index (Phi) is 5.45. The van der Waals surface area contributed by atoms with Crippen LogP contribution in [0.15, 0.2) is 47.3 Å². The van der Waals surface area contributed by atoms with Gasteiger partial charge in [-0.25, -0.2) is 4.79 Å². The van der Waals surface area contributed by atoms with Crippen LogP contribution in [0.1, 0.15) is 0 Å². The molecule has 1 unspecified atom stereocenters. The normalized spacial score (nSPS) is 16.2. The Morgan fingerprint density at radius 1 is 1.33 bits per heavy atom. The summed E-state index contributed by atoms with van der Waals surface area (Å²) < 4.78 is 19.9. The van der Waals surface area contributed by atoms with Crippen molar-refractivity contribution in [2.75, 3.05) is 20.3 Å². The molecule has 21 heavy (non-hydrogen) atoms. The molecule has 1 atom stereocenters. The van der Waals surface area contributed by atoms with Crippen LogP contribution in [0.5, 0.6) is 11.5 Å². The molecule has 2 heterocycles. The number of rotatable bonds is 4. The summed E-state index contributed by atoms with van der Waals surface area (Å²) in [5.74, 6) is 1.31. The maximum absolute atomic E-state index is 10.8. The highest BCUT2D eigenvalue weighted by molar-refractivity contribution is 5.69. The minimum absolute atomic E-state index is 0.239. The lowest BCUT2D eigenvalue weighted by molar-refractivity contribution is 0.103. The molecule has 7 heteroatoms. The zero-order valence-corrected chi connectivity index (χ0v) is 11.5. The van der Waals surface area contributed by atoms with E-state index in [9.17, 15) is 4.79 Å². The van der Waals surface area contributed by atoms with Gasteiger partial charge in [-0.05, 0) is 18.2 Å². The summed E-state index contributed by atoms with van der Waals surface area (Å²) in [6.45, 7) is 0.799. The molecular formula is C14H16N2O5. The molecule has 112 valence electrons. The quantitative estimate of drug-likeness (QED) is 0.926. The van der Waals surface area contributed by atoms with Crippen molar-refractivity contribution in [2.45, 2.75) is 6.10 Å². The Morgan fingerprint density at radius 3 is 2.67 bits per heavy atom. The lowest BCUT2D eigenvalue weighted by Crippen LogP contribution is -2.22. The predicted molar refractivity (Wildman–Crippen MR) is 73.3 cm³/mol. The second-order valence-corrected chi connectivity index (χ2v) is 4.06. The number of para-hydroxylation sites is 2. The summed E-state index contributed by atoms with van der Waals surface area (Å²) in [5.41, 5.74) is 0. The molecule has 1 aromatic heterocycles. The van der Waals surface area contributed by atoms with E-state index in [1.807, 2.05) is 24.3 Å². The second-order valence-electron chi connectivity index (χ2n) is 4.06. The Balaban J connectivity index is 0.000000272. The molecule has 1 aromatic carbocycles. The molecule has 0 saturated carbocycles. The number of hydrogen-bond acceptors (Lipinski definition) is 6. The van der Waals surface area contributed by atoms with E-state index in [0.29, 0.717) is 24.7 Å². The molecule has 0 radical (unpaired) electrons. The van der Waals surface area contributed by atoms with E-state index in [2.05, 4.69) is 15.0 Å². The van der Waals surface area contributed by atoms with Gasteiger partial charge in [0.25, 0.3) is 0 Å². The third-order valence-electron chi connectivity index (χ3n) is 2.59. The van der Waals surface area contributed by atoms with Gasteiger partial charge >= 0.3 is 6.09 Å². The smallest absolute Gasteiger partial charge is 0.407 e. The average molecular weight is 292 g/mol. The predicted octanol–water partition coefficient (Wildman–Crippen LogP) is 1.86. The van der Waals surface area contributed by atoms with Crippen LogP contribution in [0.3, 0.4) is 0 Å². The first-order chi connectivity index (χ1) is 10.3. The molecule has 1 aliphatic heterocycles. The molecule has 0 spiro atoms. The number of ether oxygens (including phenoxy) is 3. The van der Waals surface area contributed by atoms with Crippen molar-refractivity contribution in [1.29, 1.82) is 0 Å². The van der Waals surface area contributed by atoms with E-state index < -0.39 is 6.09 Å². The first-order valence-electron chi connectivity index (χ1n) is 6.34. The fraction of sp³-hybridized carbons (Fsp3) is 0.286. The maximum Gasteiger partial charge on any atom is 0.407 e. The molecule has 1 N–H and O–H groups in total. The number of cyclic esters (lactones) is 1. The molecule has 1 fully saturated rings. The van der Waals surface area contributed by atoms with Gasteiger partial charge in [0.1, 0.15) is 12.9 Å². The number of nitrogens with one attached hydrogen (secondary N) is 1. The molecule has 1 saturated heterocycles. The standard InChI is InChI=1S/C11H13NO4.C3H3NO/c1-14-9-4-2-3-5-10(9)15-7-8-6-12-11(13)16-8;1-2-4-5-3-1/h2-5,8H,6-7H2,1H3,(H,12,13);1-3H. The van der Waals surface area contributed by atoms with Crippen LogP contribution in [-0.2, 0) is 4.74 Å². The molecule has 0 bridgehead atoms. The summed E-state index contributed by atoms with van der Waals surface area (Å²) in [5, 5.41) is 5.91. The van der Waals surface area contributed by atoms with Crippen LogP contribution in [0, 0.1) is 0 Å². The van der Waals surface area contributed by atoms with Crippen molar-refractivity contribution in [3.05, 3.63) is 42.8 Å². The first kappa shape index (κ1) is 14.7. The third-order valence-corrected chi connectivity index (χ3v) is 2.59. The zero-order chi connectivity index (χ0) is 14.9. The molecule has 2 aromatic rings. The van der Waals surface area contributed by atoms with Gasteiger partial charge in [-0.2, -0.15) is 0 Å². The maximum atomic E-state index is 10.8. The zero-order valence-electron chi connectivity index (χ0n) is 11.5. The first-order valence-corrected chi connectivity index (χ1v) is 6.34. The second kappa shape index (κ2) is 7.78. The van der Waals surface area contributed by atoms with Gasteiger partial charge < -0.3 is 24.1 Å². The van der Waals surface area contributed by atoms with Gasteiger partial charge in [0.05, 0.1) is 19.9 Å². The largest absolute Gasteiger partial charge is 0.493 e. The van der Waals surface area contributed by atoms with Gasteiger partial charge in [0.2, 0.25) is 0 Å². The van der Waals surface area contributed by atoms with Crippen LogP contribution >= 0.6 is 0 Å². The number of hydrogen-bond donors (Lipinski definition) is 1. The monoisotopic (exact) mass is 292 g/mol. The lowest BCUT2D eigenvalue weighted by Gasteiger charge is -2.12. The van der Waals surface area contributed by atoms with Gasteiger partial charge in [-0.15, -0.1) is 0 Å². The Labute approximate surface area is 121 Å². The van der Waals surface area contributed by atoms with Gasteiger partial charge in [0.15, 0.2) is 17.6 Å². The third kappa shape index (κ3) is 4.72. The Bertz CT molecular complexity index is 527. The lowest BCUT2D eigenvalue weighted by atomic mass is 10.3. The van der Waals surface area contributed by atoms with E-state index in [4.69, 9.17) is 14.2 Å². The van der Waals surface area contributed by atoms with Crippen molar-refractivity contribution < 1.29 is 23.5 Å². The van der Waals surface area contributed by atoms with Crippen LogP contribution in [0.4, 0.5) is 4.79 Å².